The van der Waals surface area contributed by atoms with Gasteiger partial charge in [-0.1, -0.05) is 80.5 Å². The fourth-order valence-corrected chi connectivity index (χ4v) is 8.84. The van der Waals surface area contributed by atoms with Crippen molar-refractivity contribution in [2.45, 2.75) is 159 Å². The predicted octanol–water partition coefficient (Wildman–Crippen LogP) is 4.92. The summed E-state index contributed by atoms with van der Waals surface area (Å²) in [7, 11) is 0. The standard InChI is InChI=1S/C48H70N2O9/c1-4-5-15-44(55)45(56)26-23-36-22-21-35-11-7-6-10-34(35)12-8-16-46(48(3,59)29-33-18-24-38(53)25-19-33)50-43(40(36)27-39(54)31-52)14-9-13-42-41(28-47(57)58)37(30-51)20-17-32(2)49-42/h6-7,10-11,18-19,23-26,32,37,39,41-46,49-56,59H,4-5,9,13-17,20-22,27-31H2,1-3H3,(H,57,58). The molecule has 59 heavy (non-hydrogen) atoms. The summed E-state index contributed by atoms with van der Waals surface area (Å²) in [5, 5.41) is 93.3. The van der Waals surface area contributed by atoms with Crippen molar-refractivity contribution >= 4 is 5.97 Å². The molecule has 0 amide bonds. The number of nitrogens with one attached hydrogen (secondary N) is 2. The fraction of sp³-hybridized carbons (Fsp3) is 0.604. The number of unbranched alkanes of at least 4 members (excludes halogenated alkanes) is 1. The maximum atomic E-state index is 12.4. The number of fused-ring (bicyclic) bond motifs is 1. The van der Waals surface area contributed by atoms with Crippen LogP contribution in [-0.2, 0) is 17.6 Å². The minimum absolute atomic E-state index is 0.0607. The molecule has 10 N–H and O–H groups in total. The first-order valence-electron chi connectivity index (χ1n) is 21.7. The Morgan fingerprint density at radius 2 is 1.75 bits per heavy atom. The van der Waals surface area contributed by atoms with Crippen molar-refractivity contribution in [2.24, 2.45) is 11.8 Å². The van der Waals surface area contributed by atoms with Gasteiger partial charge in [0.05, 0.1) is 30.5 Å². The molecule has 2 heterocycles. The Hall–Kier alpha value is -3.57. The van der Waals surface area contributed by atoms with Gasteiger partial charge in [-0.25, -0.2) is 0 Å². The lowest BCUT2D eigenvalue weighted by molar-refractivity contribution is -0.139. The molecule has 2 aliphatic rings. The fourth-order valence-electron chi connectivity index (χ4n) is 8.84. The predicted molar refractivity (Wildman–Crippen MR) is 231 cm³/mol. The average Bonchev–Trinajstić information content (AvgIpc) is 3.35. The first-order chi connectivity index (χ1) is 28.2. The van der Waals surface area contributed by atoms with Crippen LogP contribution in [0.3, 0.4) is 0 Å². The number of hydrogen-bond donors (Lipinski definition) is 10. The third kappa shape index (κ3) is 15.1. The highest BCUT2D eigenvalue weighted by Crippen LogP contribution is 2.33. The van der Waals surface area contributed by atoms with E-state index in [1.165, 1.54) is 0 Å². The molecule has 2 aromatic rings. The van der Waals surface area contributed by atoms with Crippen molar-refractivity contribution < 1.29 is 45.6 Å². The van der Waals surface area contributed by atoms with Crippen molar-refractivity contribution in [1.82, 2.24) is 10.6 Å². The molecule has 2 aromatic carbocycles. The Balaban J connectivity index is 1.85. The number of aliphatic carboxylic acids is 1. The van der Waals surface area contributed by atoms with Crippen LogP contribution < -0.4 is 10.6 Å². The van der Waals surface area contributed by atoms with E-state index in [0.29, 0.717) is 38.5 Å². The molecule has 0 spiro atoms. The number of aliphatic hydroxyl groups is 6. The molecule has 11 nitrogen and oxygen atoms in total. The molecule has 10 atom stereocenters. The topological polar surface area (TPSA) is 203 Å². The number of phenols is 1. The van der Waals surface area contributed by atoms with E-state index in [9.17, 15) is 45.6 Å². The Morgan fingerprint density at radius 1 is 1.00 bits per heavy atom. The molecule has 10 unspecified atom stereocenters. The highest BCUT2D eigenvalue weighted by atomic mass is 16.4. The van der Waals surface area contributed by atoms with E-state index in [4.69, 9.17) is 0 Å². The quantitative estimate of drug-likeness (QED) is 0.0863. The minimum Gasteiger partial charge on any atom is -0.508 e. The number of benzene rings is 2. The molecule has 11 heteroatoms. The number of carboxylic acid groups (broad SMARTS) is 1. The van der Waals surface area contributed by atoms with Crippen LogP contribution in [0.1, 0.15) is 115 Å². The average molecular weight is 819 g/mol. The lowest BCUT2D eigenvalue weighted by atomic mass is 9.79. The normalized spacial score (nSPS) is 25.6. The molecule has 0 bridgehead atoms. The van der Waals surface area contributed by atoms with Gasteiger partial charge in [0.1, 0.15) is 5.75 Å². The molecular weight excluding hydrogens is 749 g/mol. The van der Waals surface area contributed by atoms with Crippen LogP contribution in [-0.4, -0.2) is 108 Å². The van der Waals surface area contributed by atoms with Gasteiger partial charge < -0.3 is 51.5 Å². The third-order valence-electron chi connectivity index (χ3n) is 12.3. The van der Waals surface area contributed by atoms with Gasteiger partial charge in [-0.2, -0.15) is 0 Å². The van der Waals surface area contributed by atoms with Gasteiger partial charge in [-0.15, -0.1) is 0 Å². The van der Waals surface area contributed by atoms with Crippen LogP contribution in [0.4, 0.5) is 0 Å². The first-order valence-corrected chi connectivity index (χ1v) is 21.7. The van der Waals surface area contributed by atoms with Crippen LogP contribution >= 0.6 is 0 Å². The van der Waals surface area contributed by atoms with E-state index in [1.54, 1.807) is 37.3 Å². The Labute approximate surface area is 351 Å². The monoisotopic (exact) mass is 819 g/mol. The number of aryl methyl sites for hydroxylation is 1. The summed E-state index contributed by atoms with van der Waals surface area (Å²) in [4.78, 5) is 12.1. The number of aromatic hydroxyl groups is 1. The van der Waals surface area contributed by atoms with E-state index in [-0.39, 0.29) is 62.0 Å². The SMILES string of the molecule is CCCCC(O)C(O)C=CC1=C(CC(O)CO)C(CCCC2NC(C)CCC(CO)C2CC(=O)O)NC(C(C)(O)Cc2ccc(O)cc2)CC#Cc2ccccc2CC1. The van der Waals surface area contributed by atoms with Gasteiger partial charge in [-0.05, 0) is 118 Å². The summed E-state index contributed by atoms with van der Waals surface area (Å²) in [5.74, 6) is 5.50. The van der Waals surface area contributed by atoms with E-state index in [2.05, 4.69) is 29.4 Å². The van der Waals surface area contributed by atoms with E-state index < -0.39 is 48.6 Å². The van der Waals surface area contributed by atoms with Gasteiger partial charge in [0.25, 0.3) is 0 Å². The van der Waals surface area contributed by atoms with Crippen molar-refractivity contribution in [3.8, 4) is 17.6 Å². The lowest BCUT2D eigenvalue weighted by Gasteiger charge is -2.38. The molecule has 4 rings (SSSR count). The number of allylic oxidation sites excluding steroid dienone is 2. The number of carbonyl (C=O) groups is 1. The largest absolute Gasteiger partial charge is 0.508 e. The maximum Gasteiger partial charge on any atom is 0.303 e. The number of phenolic OH excluding ortho intramolecular Hbond substituents is 1. The molecular formula is C48H70N2O9. The van der Waals surface area contributed by atoms with Crippen molar-refractivity contribution in [1.29, 1.82) is 0 Å². The van der Waals surface area contributed by atoms with E-state index in [1.807, 2.05) is 37.3 Å². The van der Waals surface area contributed by atoms with E-state index >= 15 is 0 Å². The second-order valence-corrected chi connectivity index (χ2v) is 17.2. The van der Waals surface area contributed by atoms with Crippen molar-refractivity contribution in [3.63, 3.8) is 0 Å². The van der Waals surface area contributed by atoms with Gasteiger partial charge in [0.2, 0.25) is 0 Å². The molecule has 1 saturated heterocycles. The minimum atomic E-state index is -1.36. The first kappa shape index (κ1) is 48.1. The lowest BCUT2D eigenvalue weighted by Crippen LogP contribution is -2.54. The number of aliphatic hydroxyl groups excluding tert-OH is 5. The molecule has 0 saturated carbocycles. The number of carboxylic acids is 1. The zero-order valence-electron chi connectivity index (χ0n) is 35.3. The smallest absolute Gasteiger partial charge is 0.303 e. The molecule has 0 radical (unpaired) electrons. The second-order valence-electron chi connectivity index (χ2n) is 17.2. The molecule has 2 aliphatic heterocycles. The summed E-state index contributed by atoms with van der Waals surface area (Å²) in [6.07, 6.45) is 7.25. The van der Waals surface area contributed by atoms with Crippen molar-refractivity contribution in [3.05, 3.63) is 88.5 Å². The summed E-state index contributed by atoms with van der Waals surface area (Å²) >= 11 is 0. The van der Waals surface area contributed by atoms with Crippen LogP contribution in [0.15, 0.2) is 71.8 Å². The Morgan fingerprint density at radius 3 is 2.44 bits per heavy atom. The number of hydrogen-bond acceptors (Lipinski definition) is 10. The highest BCUT2D eigenvalue weighted by molar-refractivity contribution is 5.67. The van der Waals surface area contributed by atoms with Gasteiger partial charge in [0.15, 0.2) is 0 Å². The third-order valence-corrected chi connectivity index (χ3v) is 12.3. The number of rotatable bonds is 19. The Kier molecular flexibility index (Phi) is 19.6. The van der Waals surface area contributed by atoms with E-state index in [0.717, 1.165) is 53.5 Å². The van der Waals surface area contributed by atoms with Crippen LogP contribution in [0.25, 0.3) is 0 Å². The maximum absolute atomic E-state index is 12.4. The van der Waals surface area contributed by atoms with Gasteiger partial charge in [0, 0.05) is 55.6 Å². The molecule has 0 aromatic heterocycles. The Bertz CT molecular complexity index is 1710. The summed E-state index contributed by atoms with van der Waals surface area (Å²) in [6, 6.07) is 13.5. The second kappa shape index (κ2) is 24.0. The zero-order valence-corrected chi connectivity index (χ0v) is 35.3. The van der Waals surface area contributed by atoms with Gasteiger partial charge in [-0.3, -0.25) is 4.79 Å². The van der Waals surface area contributed by atoms with Crippen molar-refractivity contribution in [2.75, 3.05) is 13.2 Å². The van der Waals surface area contributed by atoms with Gasteiger partial charge >= 0.3 is 5.97 Å². The summed E-state index contributed by atoms with van der Waals surface area (Å²) in [6.45, 7) is 5.31. The molecule has 326 valence electrons. The van der Waals surface area contributed by atoms with Crippen LogP contribution in [0.2, 0.25) is 0 Å². The zero-order chi connectivity index (χ0) is 43.0. The summed E-state index contributed by atoms with van der Waals surface area (Å²) in [5.41, 5.74) is 2.96. The highest BCUT2D eigenvalue weighted by Gasteiger charge is 2.37. The van der Waals surface area contributed by atoms with Crippen LogP contribution in [0.5, 0.6) is 5.75 Å². The molecule has 1 fully saturated rings. The van der Waals surface area contributed by atoms with Crippen LogP contribution in [0, 0.1) is 23.7 Å². The molecule has 0 aliphatic carbocycles. The summed E-state index contributed by atoms with van der Waals surface area (Å²) < 4.78 is 0.